The van der Waals surface area contributed by atoms with E-state index in [9.17, 15) is 0 Å². The van der Waals surface area contributed by atoms with Crippen LogP contribution < -0.4 is 0 Å². The Hall–Kier alpha value is -1.50. The van der Waals surface area contributed by atoms with E-state index in [0.29, 0.717) is 6.61 Å². The van der Waals surface area contributed by atoms with Crippen LogP contribution in [0.1, 0.15) is 32.3 Å². The van der Waals surface area contributed by atoms with E-state index in [1.165, 1.54) is 5.56 Å². The fourth-order valence-electron chi connectivity index (χ4n) is 1.33. The predicted molar refractivity (Wildman–Crippen MR) is 69.0 cm³/mol. The normalized spacial score (nSPS) is 11.2. The lowest BCUT2D eigenvalue weighted by Crippen LogP contribution is -1.93. The van der Waals surface area contributed by atoms with Crippen LogP contribution in [0.15, 0.2) is 54.3 Å². The predicted octanol–water partition coefficient (Wildman–Crippen LogP) is 4.46. The molecular weight excluding hydrogens is 196 g/mol. The molecule has 0 aliphatic rings. The molecule has 86 valence electrons. The second kappa shape index (κ2) is 6.89. The lowest BCUT2D eigenvalue weighted by atomic mass is 10.2. The zero-order chi connectivity index (χ0) is 11.8. The molecule has 0 amide bonds. The Balaban J connectivity index is 2.52. The van der Waals surface area contributed by atoms with E-state index >= 15 is 0 Å². The van der Waals surface area contributed by atoms with Gasteiger partial charge in [-0.1, -0.05) is 56.3 Å². The topological polar surface area (TPSA) is 9.23 Å². The second-order valence-corrected chi connectivity index (χ2v) is 3.75. The first-order chi connectivity index (χ1) is 7.76. The number of hydrogen-bond donors (Lipinski definition) is 0. The van der Waals surface area contributed by atoms with E-state index in [0.717, 1.165) is 24.2 Å². The van der Waals surface area contributed by atoms with Crippen molar-refractivity contribution in [2.75, 3.05) is 0 Å². The minimum absolute atomic E-state index is 0.636. The summed E-state index contributed by atoms with van der Waals surface area (Å²) in [5.41, 5.74) is 2.31. The van der Waals surface area contributed by atoms with Crippen molar-refractivity contribution in [2.24, 2.45) is 0 Å². The van der Waals surface area contributed by atoms with Crippen LogP contribution in [-0.4, -0.2) is 0 Å². The van der Waals surface area contributed by atoms with Gasteiger partial charge in [-0.05, 0) is 18.1 Å². The third kappa shape index (κ3) is 4.35. The van der Waals surface area contributed by atoms with Crippen LogP contribution in [0.2, 0.25) is 0 Å². The van der Waals surface area contributed by atoms with Gasteiger partial charge in [-0.15, -0.1) is 0 Å². The minimum Gasteiger partial charge on any atom is -0.493 e. The van der Waals surface area contributed by atoms with Crippen LogP contribution in [0, 0.1) is 0 Å². The average Bonchev–Trinajstić information content (AvgIpc) is 2.35. The maximum Gasteiger partial charge on any atom is 0.113 e. The fourth-order valence-corrected chi connectivity index (χ4v) is 1.33. The molecule has 0 unspecified atom stereocenters. The van der Waals surface area contributed by atoms with Crippen LogP contribution in [0.25, 0.3) is 0 Å². The van der Waals surface area contributed by atoms with Crippen LogP contribution >= 0.6 is 0 Å². The maximum absolute atomic E-state index is 5.75. The van der Waals surface area contributed by atoms with Crippen molar-refractivity contribution in [1.82, 2.24) is 0 Å². The largest absolute Gasteiger partial charge is 0.493 e. The van der Waals surface area contributed by atoms with Gasteiger partial charge < -0.3 is 4.74 Å². The summed E-state index contributed by atoms with van der Waals surface area (Å²) in [6.45, 7) is 8.79. The number of rotatable bonds is 6. The summed E-state index contributed by atoms with van der Waals surface area (Å²) in [4.78, 5) is 0. The van der Waals surface area contributed by atoms with Gasteiger partial charge in [0, 0.05) is 6.42 Å². The standard InChI is InChI=1S/C15H20O/c1-4-13(3)11-15(5-2)16-12-14-9-7-6-8-10-14/h6-11H,3-5,12H2,1-2H3/b15-11+. The van der Waals surface area contributed by atoms with Crippen molar-refractivity contribution in [2.45, 2.75) is 33.3 Å². The SMILES string of the molecule is C=C(/C=C(\CC)OCc1ccccc1)CC. The fraction of sp³-hybridized carbons (Fsp3) is 0.333. The van der Waals surface area contributed by atoms with Gasteiger partial charge in [0.05, 0.1) is 5.76 Å². The van der Waals surface area contributed by atoms with Crippen molar-refractivity contribution in [3.05, 3.63) is 59.9 Å². The molecule has 0 bridgehead atoms. The maximum atomic E-state index is 5.75. The molecule has 0 aromatic heterocycles. The van der Waals surface area contributed by atoms with Gasteiger partial charge in [0.25, 0.3) is 0 Å². The van der Waals surface area contributed by atoms with E-state index in [2.05, 4.69) is 32.6 Å². The molecular formula is C15H20O. The third-order valence-electron chi connectivity index (χ3n) is 2.43. The van der Waals surface area contributed by atoms with Crippen LogP contribution in [-0.2, 0) is 11.3 Å². The molecule has 0 radical (unpaired) electrons. The molecule has 0 aliphatic heterocycles. The molecule has 0 spiro atoms. The van der Waals surface area contributed by atoms with Crippen molar-refractivity contribution < 1.29 is 4.74 Å². The zero-order valence-electron chi connectivity index (χ0n) is 10.2. The molecule has 1 heteroatoms. The molecule has 0 aliphatic carbocycles. The van der Waals surface area contributed by atoms with E-state index in [1.807, 2.05) is 24.3 Å². The minimum atomic E-state index is 0.636. The van der Waals surface area contributed by atoms with Crippen molar-refractivity contribution in [1.29, 1.82) is 0 Å². The molecule has 1 aromatic carbocycles. The van der Waals surface area contributed by atoms with Crippen molar-refractivity contribution >= 4 is 0 Å². The molecule has 1 nitrogen and oxygen atoms in total. The first kappa shape index (κ1) is 12.6. The highest BCUT2D eigenvalue weighted by Gasteiger charge is 1.97. The van der Waals surface area contributed by atoms with E-state index in [-0.39, 0.29) is 0 Å². The summed E-state index contributed by atoms with van der Waals surface area (Å²) in [6.07, 6.45) is 3.92. The molecule has 0 saturated heterocycles. The highest BCUT2D eigenvalue weighted by Crippen LogP contribution is 2.12. The monoisotopic (exact) mass is 216 g/mol. The number of allylic oxidation sites excluding steroid dienone is 3. The first-order valence-corrected chi connectivity index (χ1v) is 5.81. The molecule has 0 N–H and O–H groups in total. The Kier molecular flexibility index (Phi) is 5.41. The summed E-state index contributed by atoms with van der Waals surface area (Å²) >= 11 is 0. The summed E-state index contributed by atoms with van der Waals surface area (Å²) in [7, 11) is 0. The molecule has 0 saturated carbocycles. The average molecular weight is 216 g/mol. The molecule has 0 heterocycles. The number of benzene rings is 1. The smallest absolute Gasteiger partial charge is 0.113 e. The van der Waals surface area contributed by atoms with Crippen molar-refractivity contribution in [3.8, 4) is 0 Å². The van der Waals surface area contributed by atoms with Gasteiger partial charge in [-0.25, -0.2) is 0 Å². The summed E-state index contributed by atoms with van der Waals surface area (Å²) in [5, 5.41) is 0. The van der Waals surface area contributed by atoms with Crippen LogP contribution in [0.5, 0.6) is 0 Å². The summed E-state index contributed by atoms with van der Waals surface area (Å²) in [6, 6.07) is 10.2. The van der Waals surface area contributed by atoms with Gasteiger partial charge >= 0.3 is 0 Å². The van der Waals surface area contributed by atoms with Gasteiger partial charge in [-0.2, -0.15) is 0 Å². The Morgan fingerprint density at radius 1 is 1.19 bits per heavy atom. The van der Waals surface area contributed by atoms with Gasteiger partial charge in [0.15, 0.2) is 0 Å². The quantitative estimate of drug-likeness (QED) is 0.504. The van der Waals surface area contributed by atoms with Gasteiger partial charge in [-0.3, -0.25) is 0 Å². The Labute approximate surface area is 98.5 Å². The third-order valence-corrected chi connectivity index (χ3v) is 2.43. The number of hydrogen-bond acceptors (Lipinski definition) is 1. The number of ether oxygens (including phenoxy) is 1. The van der Waals surface area contributed by atoms with Crippen LogP contribution in [0.3, 0.4) is 0 Å². The van der Waals surface area contributed by atoms with Gasteiger partial charge in [0.2, 0.25) is 0 Å². The van der Waals surface area contributed by atoms with E-state index in [4.69, 9.17) is 4.74 Å². The molecule has 0 fully saturated rings. The Bertz CT molecular complexity index is 349. The molecule has 1 aromatic rings. The van der Waals surface area contributed by atoms with E-state index in [1.54, 1.807) is 0 Å². The highest BCUT2D eigenvalue weighted by atomic mass is 16.5. The Morgan fingerprint density at radius 2 is 1.88 bits per heavy atom. The lowest BCUT2D eigenvalue weighted by Gasteiger charge is -2.09. The molecule has 0 atom stereocenters. The summed E-state index contributed by atoms with van der Waals surface area (Å²) in [5.74, 6) is 1.01. The second-order valence-electron chi connectivity index (χ2n) is 3.75. The van der Waals surface area contributed by atoms with Crippen LogP contribution in [0.4, 0.5) is 0 Å². The molecule has 1 rings (SSSR count). The Morgan fingerprint density at radius 3 is 2.44 bits per heavy atom. The lowest BCUT2D eigenvalue weighted by molar-refractivity contribution is 0.191. The zero-order valence-corrected chi connectivity index (χ0v) is 10.2. The highest BCUT2D eigenvalue weighted by molar-refractivity contribution is 5.18. The van der Waals surface area contributed by atoms with Gasteiger partial charge in [0.1, 0.15) is 6.61 Å². The van der Waals surface area contributed by atoms with Crippen molar-refractivity contribution in [3.63, 3.8) is 0 Å². The van der Waals surface area contributed by atoms with E-state index < -0.39 is 0 Å². The summed E-state index contributed by atoms with van der Waals surface area (Å²) < 4.78 is 5.75. The first-order valence-electron chi connectivity index (χ1n) is 5.81. The molecule has 16 heavy (non-hydrogen) atoms.